The number of aromatic amines is 1. The number of anilines is 2. The summed E-state index contributed by atoms with van der Waals surface area (Å²) in [5.74, 6) is 0.808. The predicted molar refractivity (Wildman–Crippen MR) is 122 cm³/mol. The number of benzene rings is 2. The minimum Gasteiger partial charge on any atom is -0.494 e. The number of ether oxygens (including phenoxy) is 2. The standard InChI is InChI=1S/C24H29N3O3/c1-3-22(25-18-5-7-19(8-6-18)27-11-13-29-14-12-27)21-16-17-15-20(30-4-2)9-10-23(17)26-24(21)28/h5-10,15-16,22,25H,3-4,11-14H2,1-2H3,(H,26,28)/t22-/m0/s1. The number of pyridine rings is 1. The van der Waals surface area contributed by atoms with Gasteiger partial charge in [-0.3, -0.25) is 4.79 Å². The lowest BCUT2D eigenvalue weighted by Gasteiger charge is -2.29. The molecule has 0 aliphatic carbocycles. The molecule has 0 spiro atoms. The van der Waals surface area contributed by atoms with Gasteiger partial charge in [0.1, 0.15) is 5.75 Å². The van der Waals surface area contributed by atoms with Gasteiger partial charge in [-0.1, -0.05) is 6.92 Å². The molecule has 4 rings (SSSR count). The van der Waals surface area contributed by atoms with Crippen LogP contribution in [0.1, 0.15) is 31.9 Å². The maximum atomic E-state index is 12.7. The van der Waals surface area contributed by atoms with Crippen LogP contribution in [0.5, 0.6) is 5.75 Å². The first-order chi connectivity index (χ1) is 14.7. The second-order valence-electron chi connectivity index (χ2n) is 7.49. The highest BCUT2D eigenvalue weighted by Gasteiger charge is 2.16. The second kappa shape index (κ2) is 9.22. The molecule has 6 nitrogen and oxygen atoms in total. The smallest absolute Gasteiger partial charge is 0.253 e. The molecular formula is C24H29N3O3. The van der Waals surface area contributed by atoms with Crippen molar-refractivity contribution in [2.75, 3.05) is 43.1 Å². The van der Waals surface area contributed by atoms with E-state index in [1.807, 2.05) is 31.2 Å². The molecule has 6 heteroatoms. The summed E-state index contributed by atoms with van der Waals surface area (Å²) in [4.78, 5) is 18.1. The lowest BCUT2D eigenvalue weighted by Crippen LogP contribution is -2.36. The van der Waals surface area contributed by atoms with Crippen molar-refractivity contribution in [2.45, 2.75) is 26.3 Å². The SMILES string of the molecule is CCOc1ccc2[nH]c(=O)c([C@H](CC)Nc3ccc(N4CCOCC4)cc3)cc2c1. The number of aromatic nitrogens is 1. The highest BCUT2D eigenvalue weighted by atomic mass is 16.5. The largest absolute Gasteiger partial charge is 0.494 e. The quantitative estimate of drug-likeness (QED) is 0.610. The third-order valence-electron chi connectivity index (χ3n) is 5.52. The molecule has 3 aromatic rings. The van der Waals surface area contributed by atoms with Crippen LogP contribution in [-0.2, 0) is 4.74 Å². The van der Waals surface area contributed by atoms with E-state index >= 15 is 0 Å². The van der Waals surface area contributed by atoms with Crippen molar-refractivity contribution in [2.24, 2.45) is 0 Å². The topological polar surface area (TPSA) is 66.6 Å². The highest BCUT2D eigenvalue weighted by molar-refractivity contribution is 5.80. The number of rotatable bonds is 7. The Morgan fingerprint density at radius 3 is 2.57 bits per heavy atom. The Hall–Kier alpha value is -2.99. The third-order valence-corrected chi connectivity index (χ3v) is 5.52. The van der Waals surface area contributed by atoms with Gasteiger partial charge < -0.3 is 24.7 Å². The second-order valence-corrected chi connectivity index (χ2v) is 7.49. The maximum Gasteiger partial charge on any atom is 0.253 e. The number of H-pyrrole nitrogens is 1. The fourth-order valence-corrected chi connectivity index (χ4v) is 3.91. The van der Waals surface area contributed by atoms with Crippen LogP contribution in [0.25, 0.3) is 10.9 Å². The molecule has 158 valence electrons. The van der Waals surface area contributed by atoms with Gasteiger partial charge >= 0.3 is 0 Å². The lowest BCUT2D eigenvalue weighted by molar-refractivity contribution is 0.122. The molecule has 0 bridgehead atoms. The average molecular weight is 408 g/mol. The molecule has 1 atom stereocenters. The fourth-order valence-electron chi connectivity index (χ4n) is 3.91. The van der Waals surface area contributed by atoms with Crippen molar-refractivity contribution in [3.63, 3.8) is 0 Å². The molecule has 1 fully saturated rings. The average Bonchev–Trinajstić information content (AvgIpc) is 2.78. The summed E-state index contributed by atoms with van der Waals surface area (Å²) < 4.78 is 11.0. The summed E-state index contributed by atoms with van der Waals surface area (Å²) in [6.07, 6.45) is 0.797. The summed E-state index contributed by atoms with van der Waals surface area (Å²) in [7, 11) is 0. The normalized spacial score (nSPS) is 15.2. The Bertz CT molecular complexity index is 1040. The van der Waals surface area contributed by atoms with Crippen molar-refractivity contribution in [3.8, 4) is 5.75 Å². The molecule has 0 saturated carbocycles. The Kier molecular flexibility index (Phi) is 6.23. The molecule has 1 aliphatic heterocycles. The summed E-state index contributed by atoms with van der Waals surface area (Å²) in [5, 5.41) is 4.50. The van der Waals surface area contributed by atoms with E-state index in [9.17, 15) is 4.79 Å². The molecule has 2 N–H and O–H groups in total. The number of nitrogens with zero attached hydrogens (tertiary/aromatic N) is 1. The lowest BCUT2D eigenvalue weighted by atomic mass is 10.0. The summed E-state index contributed by atoms with van der Waals surface area (Å²) >= 11 is 0. The van der Waals surface area contributed by atoms with Gasteiger partial charge in [0, 0.05) is 40.9 Å². The van der Waals surface area contributed by atoms with Gasteiger partial charge in [-0.05, 0) is 61.9 Å². The predicted octanol–water partition coefficient (Wildman–Crippen LogP) is 4.33. The van der Waals surface area contributed by atoms with Crippen LogP contribution in [0.2, 0.25) is 0 Å². The molecular weight excluding hydrogens is 378 g/mol. The number of morpholine rings is 1. The van der Waals surface area contributed by atoms with Crippen molar-refractivity contribution in [3.05, 3.63) is 64.4 Å². The van der Waals surface area contributed by atoms with Gasteiger partial charge in [-0.15, -0.1) is 0 Å². The molecule has 2 heterocycles. The van der Waals surface area contributed by atoms with E-state index in [4.69, 9.17) is 9.47 Å². The highest BCUT2D eigenvalue weighted by Crippen LogP contribution is 2.26. The molecule has 1 aliphatic rings. The Morgan fingerprint density at radius 2 is 1.87 bits per heavy atom. The number of hydrogen-bond acceptors (Lipinski definition) is 5. The molecule has 1 aromatic heterocycles. The Balaban J connectivity index is 1.56. The minimum absolute atomic E-state index is 0.0593. The monoisotopic (exact) mass is 407 g/mol. The summed E-state index contributed by atoms with van der Waals surface area (Å²) in [6, 6.07) is 16.0. The fraction of sp³-hybridized carbons (Fsp3) is 0.375. The summed E-state index contributed by atoms with van der Waals surface area (Å²) in [6.45, 7) is 8.04. The Labute approximate surface area is 176 Å². The van der Waals surface area contributed by atoms with Gasteiger partial charge in [0.25, 0.3) is 5.56 Å². The minimum atomic E-state index is -0.0804. The van der Waals surface area contributed by atoms with Crippen molar-refractivity contribution in [1.29, 1.82) is 0 Å². The van der Waals surface area contributed by atoms with Gasteiger partial charge in [0.15, 0.2) is 0 Å². The maximum absolute atomic E-state index is 12.7. The van der Waals surface area contributed by atoms with E-state index in [2.05, 4.69) is 46.4 Å². The first kappa shape index (κ1) is 20.3. The van der Waals surface area contributed by atoms with Crippen LogP contribution in [0.4, 0.5) is 11.4 Å². The molecule has 0 unspecified atom stereocenters. The van der Waals surface area contributed by atoms with Gasteiger partial charge in [-0.25, -0.2) is 0 Å². The van der Waals surface area contributed by atoms with Crippen LogP contribution >= 0.6 is 0 Å². The van der Waals surface area contributed by atoms with Crippen molar-refractivity contribution >= 4 is 22.3 Å². The zero-order valence-corrected chi connectivity index (χ0v) is 17.6. The van der Waals surface area contributed by atoms with Gasteiger partial charge in [0.05, 0.1) is 25.9 Å². The third kappa shape index (κ3) is 4.44. The number of hydrogen-bond donors (Lipinski definition) is 2. The van der Waals surface area contributed by atoms with Gasteiger partial charge in [-0.2, -0.15) is 0 Å². The molecule has 0 radical (unpaired) electrons. The first-order valence-corrected chi connectivity index (χ1v) is 10.7. The number of nitrogens with one attached hydrogen (secondary N) is 2. The van der Waals surface area contributed by atoms with Crippen LogP contribution in [0.15, 0.2) is 53.3 Å². The van der Waals surface area contributed by atoms with E-state index in [0.29, 0.717) is 6.61 Å². The van der Waals surface area contributed by atoms with Crippen LogP contribution in [0.3, 0.4) is 0 Å². The molecule has 1 saturated heterocycles. The van der Waals surface area contributed by atoms with Crippen LogP contribution in [0, 0.1) is 0 Å². The van der Waals surface area contributed by atoms with Crippen molar-refractivity contribution < 1.29 is 9.47 Å². The van der Waals surface area contributed by atoms with E-state index in [-0.39, 0.29) is 11.6 Å². The van der Waals surface area contributed by atoms with E-state index in [1.54, 1.807) is 0 Å². The molecule has 2 aromatic carbocycles. The molecule has 0 amide bonds. The number of fused-ring (bicyclic) bond motifs is 1. The van der Waals surface area contributed by atoms with Crippen molar-refractivity contribution in [1.82, 2.24) is 4.98 Å². The van der Waals surface area contributed by atoms with Gasteiger partial charge in [0.2, 0.25) is 0 Å². The zero-order valence-electron chi connectivity index (χ0n) is 17.6. The Morgan fingerprint density at radius 1 is 1.10 bits per heavy atom. The summed E-state index contributed by atoms with van der Waals surface area (Å²) in [5.41, 5.74) is 3.69. The van der Waals surface area contributed by atoms with E-state index in [0.717, 1.165) is 60.6 Å². The van der Waals surface area contributed by atoms with E-state index in [1.165, 1.54) is 5.69 Å². The first-order valence-electron chi connectivity index (χ1n) is 10.7. The molecule has 30 heavy (non-hydrogen) atoms. The van der Waals surface area contributed by atoms with Crippen LogP contribution in [-0.4, -0.2) is 37.9 Å². The van der Waals surface area contributed by atoms with E-state index < -0.39 is 0 Å². The zero-order chi connectivity index (χ0) is 20.9. The van der Waals surface area contributed by atoms with Crippen LogP contribution < -0.4 is 20.5 Å².